The Morgan fingerprint density at radius 2 is 2.12 bits per heavy atom. The van der Waals surface area contributed by atoms with Crippen molar-refractivity contribution in [3.8, 4) is 11.5 Å². The van der Waals surface area contributed by atoms with Gasteiger partial charge in [-0.3, -0.25) is 9.29 Å². The molecule has 2 heterocycles. The number of piperidine rings is 1. The summed E-state index contributed by atoms with van der Waals surface area (Å²) in [4.78, 5) is 2.52. The normalized spacial score (nSPS) is 25.7. The summed E-state index contributed by atoms with van der Waals surface area (Å²) in [6.45, 7) is 6.39. The van der Waals surface area contributed by atoms with E-state index in [1.807, 2.05) is 0 Å². The zero-order valence-corrected chi connectivity index (χ0v) is 16.2. The van der Waals surface area contributed by atoms with Gasteiger partial charge in [0.1, 0.15) is 0 Å². The molecular formula is C21H32FNO3. The lowest BCUT2D eigenvalue weighted by Gasteiger charge is -2.46. The van der Waals surface area contributed by atoms with E-state index >= 15 is 0 Å². The minimum Gasteiger partial charge on any atom is -0.493 e. The number of aliphatic hydroxyl groups is 1. The predicted molar refractivity (Wildman–Crippen MR) is 101 cm³/mol. The van der Waals surface area contributed by atoms with Gasteiger partial charge in [-0.1, -0.05) is 13.8 Å². The van der Waals surface area contributed by atoms with Crippen LogP contribution in [-0.2, 0) is 6.42 Å². The smallest absolute Gasteiger partial charge is 0.161 e. The number of fused-ring (bicyclic) bond motifs is 3. The van der Waals surface area contributed by atoms with Crippen molar-refractivity contribution < 1.29 is 19.0 Å². The maximum Gasteiger partial charge on any atom is 0.161 e. The van der Waals surface area contributed by atoms with E-state index in [4.69, 9.17) is 9.47 Å². The zero-order chi connectivity index (χ0) is 18.7. The number of hydrogen-bond acceptors (Lipinski definition) is 4. The number of rotatable bonds is 7. The molecule has 2 aliphatic rings. The van der Waals surface area contributed by atoms with Crippen LogP contribution in [0.5, 0.6) is 11.5 Å². The number of methoxy groups -OCH3 is 1. The van der Waals surface area contributed by atoms with Crippen LogP contribution < -0.4 is 9.47 Å². The number of halogens is 1. The number of alkyl halides is 1. The van der Waals surface area contributed by atoms with E-state index in [-0.39, 0.29) is 18.8 Å². The number of aliphatic hydroxyl groups excluding tert-OH is 1. The van der Waals surface area contributed by atoms with Crippen molar-refractivity contribution in [2.24, 2.45) is 11.8 Å². The van der Waals surface area contributed by atoms with Crippen molar-refractivity contribution in [2.75, 3.05) is 33.5 Å². The Labute approximate surface area is 156 Å². The van der Waals surface area contributed by atoms with E-state index in [1.165, 1.54) is 11.1 Å². The van der Waals surface area contributed by atoms with Crippen molar-refractivity contribution in [1.29, 1.82) is 0 Å². The molecule has 0 aromatic heterocycles. The Morgan fingerprint density at radius 1 is 1.31 bits per heavy atom. The molecule has 0 amide bonds. The highest BCUT2D eigenvalue weighted by molar-refractivity contribution is 5.49. The summed E-state index contributed by atoms with van der Waals surface area (Å²) < 4.78 is 23.6. The molecule has 26 heavy (non-hydrogen) atoms. The maximum atomic E-state index is 12.3. The molecule has 4 nitrogen and oxygen atoms in total. The lowest BCUT2D eigenvalue weighted by Crippen LogP contribution is -2.48. The summed E-state index contributed by atoms with van der Waals surface area (Å²) in [5.41, 5.74) is 2.50. The molecule has 1 N–H and O–H groups in total. The fraction of sp³-hybridized carbons (Fsp3) is 0.714. The minimum absolute atomic E-state index is 0.242. The monoisotopic (exact) mass is 365 g/mol. The van der Waals surface area contributed by atoms with Crippen molar-refractivity contribution in [1.82, 2.24) is 4.90 Å². The molecule has 3 rings (SSSR count). The summed E-state index contributed by atoms with van der Waals surface area (Å²) in [5.74, 6) is 2.36. The molecule has 0 saturated carbocycles. The van der Waals surface area contributed by atoms with Gasteiger partial charge in [-0.25, -0.2) is 0 Å². The first-order valence-corrected chi connectivity index (χ1v) is 9.85. The molecule has 5 heteroatoms. The Hall–Kier alpha value is -1.33. The Bertz CT molecular complexity index is 607. The Morgan fingerprint density at radius 3 is 2.81 bits per heavy atom. The van der Waals surface area contributed by atoms with Gasteiger partial charge in [0, 0.05) is 25.6 Å². The second-order valence-corrected chi connectivity index (χ2v) is 8.05. The van der Waals surface area contributed by atoms with E-state index in [1.54, 1.807) is 7.11 Å². The average Bonchev–Trinajstić information content (AvgIpc) is 2.61. The van der Waals surface area contributed by atoms with Crippen molar-refractivity contribution in [2.45, 2.75) is 51.7 Å². The highest BCUT2D eigenvalue weighted by Gasteiger charge is 2.38. The van der Waals surface area contributed by atoms with Crippen molar-refractivity contribution >= 4 is 0 Å². The van der Waals surface area contributed by atoms with Crippen molar-refractivity contribution in [3.63, 3.8) is 0 Å². The van der Waals surface area contributed by atoms with Crippen LogP contribution in [0.25, 0.3) is 0 Å². The molecule has 2 aliphatic heterocycles. The first kappa shape index (κ1) is 19.4. The molecule has 1 saturated heterocycles. The van der Waals surface area contributed by atoms with E-state index in [0.717, 1.165) is 32.4 Å². The molecule has 1 fully saturated rings. The highest BCUT2D eigenvalue weighted by atomic mass is 19.1. The maximum absolute atomic E-state index is 12.3. The molecule has 0 radical (unpaired) electrons. The van der Waals surface area contributed by atoms with Crippen LogP contribution in [0.4, 0.5) is 4.39 Å². The van der Waals surface area contributed by atoms with Gasteiger partial charge in [-0.2, -0.15) is 0 Å². The first-order valence-electron chi connectivity index (χ1n) is 9.85. The quantitative estimate of drug-likeness (QED) is 0.747. The van der Waals surface area contributed by atoms with Gasteiger partial charge in [0.2, 0.25) is 0 Å². The van der Waals surface area contributed by atoms with Crippen LogP contribution in [0.2, 0.25) is 0 Å². The lowest BCUT2D eigenvalue weighted by molar-refractivity contribution is -0.0191. The number of hydrogen-bond donors (Lipinski definition) is 1. The molecule has 0 bridgehead atoms. The van der Waals surface area contributed by atoms with Gasteiger partial charge in [0.15, 0.2) is 11.5 Å². The summed E-state index contributed by atoms with van der Waals surface area (Å²) in [6, 6.07) is 4.36. The Kier molecular flexibility index (Phi) is 6.41. The summed E-state index contributed by atoms with van der Waals surface area (Å²) in [7, 11) is 1.64. The summed E-state index contributed by atoms with van der Waals surface area (Å²) in [6.07, 6.45) is 2.95. The molecule has 0 aliphatic carbocycles. The third-order valence-corrected chi connectivity index (χ3v) is 5.68. The highest BCUT2D eigenvalue weighted by Crippen LogP contribution is 2.43. The SMILES string of the molecule is COc1cc2c(cc1OCCCF)CCN1CC(CC(C)C)C(O)CC21. The van der Waals surface area contributed by atoms with Crippen LogP contribution >= 0.6 is 0 Å². The summed E-state index contributed by atoms with van der Waals surface area (Å²) >= 11 is 0. The molecule has 3 unspecified atom stereocenters. The zero-order valence-electron chi connectivity index (χ0n) is 16.2. The number of ether oxygens (including phenoxy) is 2. The standard InChI is InChI=1S/C21H32FNO3/c1-14(2)9-16-13-23-7-5-15-10-21(26-8-4-6-22)20(25-3)11-17(15)18(23)12-19(16)24/h10-11,14,16,18-19,24H,4-9,12-13H2,1-3H3. The van der Waals surface area contributed by atoms with Crippen LogP contribution in [0.15, 0.2) is 12.1 Å². The second kappa shape index (κ2) is 8.57. The van der Waals surface area contributed by atoms with Crippen LogP contribution in [0, 0.1) is 11.8 Å². The number of benzene rings is 1. The largest absolute Gasteiger partial charge is 0.493 e. The van der Waals surface area contributed by atoms with Gasteiger partial charge in [-0.15, -0.1) is 0 Å². The molecule has 1 aromatic carbocycles. The van der Waals surface area contributed by atoms with Crippen molar-refractivity contribution in [3.05, 3.63) is 23.3 Å². The van der Waals surface area contributed by atoms with Gasteiger partial charge in [0.25, 0.3) is 0 Å². The van der Waals surface area contributed by atoms with Gasteiger partial charge >= 0.3 is 0 Å². The fourth-order valence-corrected chi connectivity index (χ4v) is 4.45. The Balaban J connectivity index is 1.80. The fourth-order valence-electron chi connectivity index (χ4n) is 4.45. The number of nitrogens with zero attached hydrogens (tertiary/aromatic N) is 1. The van der Waals surface area contributed by atoms with E-state index in [2.05, 4.69) is 30.9 Å². The van der Waals surface area contributed by atoms with Gasteiger partial charge in [-0.05, 0) is 54.4 Å². The molecule has 3 atom stereocenters. The van der Waals surface area contributed by atoms with E-state index < -0.39 is 0 Å². The topological polar surface area (TPSA) is 41.9 Å². The lowest BCUT2D eigenvalue weighted by atomic mass is 9.79. The predicted octanol–water partition coefficient (Wildman–Crippen LogP) is 3.76. The van der Waals surface area contributed by atoms with Crippen LogP contribution in [-0.4, -0.2) is 49.6 Å². The first-order chi connectivity index (χ1) is 12.5. The molecule has 1 aromatic rings. The van der Waals surface area contributed by atoms with Gasteiger partial charge < -0.3 is 14.6 Å². The van der Waals surface area contributed by atoms with Crippen LogP contribution in [0.3, 0.4) is 0 Å². The van der Waals surface area contributed by atoms with E-state index in [0.29, 0.717) is 36.4 Å². The summed E-state index contributed by atoms with van der Waals surface area (Å²) in [5, 5.41) is 10.7. The molecule has 146 valence electrons. The van der Waals surface area contributed by atoms with E-state index in [9.17, 15) is 9.50 Å². The third kappa shape index (κ3) is 4.15. The van der Waals surface area contributed by atoms with Crippen LogP contribution in [0.1, 0.15) is 50.3 Å². The second-order valence-electron chi connectivity index (χ2n) is 8.05. The van der Waals surface area contributed by atoms with Gasteiger partial charge in [0.05, 0.1) is 26.5 Å². The third-order valence-electron chi connectivity index (χ3n) is 5.68. The minimum atomic E-state index is -0.375. The average molecular weight is 365 g/mol. The molecule has 0 spiro atoms. The molecular weight excluding hydrogens is 333 g/mol.